The number of carbonyl (C=O) groups is 1. The second-order valence-electron chi connectivity index (χ2n) is 4.26. The molecule has 0 aliphatic rings. The van der Waals surface area contributed by atoms with Crippen molar-refractivity contribution in [3.8, 4) is 5.75 Å². The zero-order valence-corrected chi connectivity index (χ0v) is 11.8. The van der Waals surface area contributed by atoms with Gasteiger partial charge in [-0.15, -0.1) is 0 Å². The Hall–Kier alpha value is -2.15. The van der Waals surface area contributed by atoms with Gasteiger partial charge in [-0.3, -0.25) is 9.48 Å². The summed E-state index contributed by atoms with van der Waals surface area (Å²) < 4.78 is 29.9. The summed E-state index contributed by atoms with van der Waals surface area (Å²) in [5, 5.41) is 6.99. The number of alkyl halides is 2. The molecule has 0 saturated carbocycles. The van der Waals surface area contributed by atoms with Gasteiger partial charge in [-0.1, -0.05) is 11.6 Å². The van der Waals surface area contributed by atoms with Gasteiger partial charge >= 0.3 is 6.61 Å². The summed E-state index contributed by atoms with van der Waals surface area (Å²) in [6.07, 6.45) is 2.95. The summed E-state index contributed by atoms with van der Waals surface area (Å²) in [6.45, 7) is -1.20. The van der Waals surface area contributed by atoms with E-state index in [-0.39, 0.29) is 18.2 Å². The Balaban J connectivity index is 2.00. The quantitative estimate of drug-likeness (QED) is 0.922. The number of aromatic nitrogens is 2. The number of ether oxygens (including phenoxy) is 1. The Morgan fingerprint density at radius 3 is 2.86 bits per heavy atom. The molecule has 0 aliphatic heterocycles. The molecule has 2 aromatic rings. The lowest BCUT2D eigenvalue weighted by Crippen LogP contribution is -2.19. The fourth-order valence-electron chi connectivity index (χ4n) is 1.71. The number of aryl methyl sites for hydroxylation is 1. The van der Waals surface area contributed by atoms with E-state index < -0.39 is 6.61 Å². The number of hydrogen-bond donors (Lipinski definition) is 1. The molecule has 0 bridgehead atoms. The minimum absolute atomic E-state index is 0.00143. The van der Waals surface area contributed by atoms with Gasteiger partial charge in [-0.05, 0) is 30.7 Å². The van der Waals surface area contributed by atoms with Crippen molar-refractivity contribution < 1.29 is 18.3 Å². The third-order valence-corrected chi connectivity index (χ3v) is 2.80. The van der Waals surface area contributed by atoms with Crippen LogP contribution >= 0.6 is 11.6 Å². The number of rotatable bonds is 5. The highest BCUT2D eigenvalue weighted by Gasteiger charge is 2.09. The lowest BCUT2D eigenvalue weighted by molar-refractivity contribution is -0.116. The highest BCUT2D eigenvalue weighted by Crippen LogP contribution is 2.22. The minimum Gasteiger partial charge on any atom is -0.435 e. The Kier molecular flexibility index (Phi) is 4.74. The predicted molar refractivity (Wildman–Crippen MR) is 73.7 cm³/mol. The average Bonchev–Trinajstić information content (AvgIpc) is 2.77. The second kappa shape index (κ2) is 6.53. The first-order chi connectivity index (χ1) is 9.94. The van der Waals surface area contributed by atoms with Crippen LogP contribution in [0, 0.1) is 6.92 Å². The third kappa shape index (κ3) is 4.42. The maximum atomic E-state index is 12.1. The van der Waals surface area contributed by atoms with Crippen molar-refractivity contribution in [2.24, 2.45) is 0 Å². The van der Waals surface area contributed by atoms with Crippen molar-refractivity contribution in [2.45, 2.75) is 20.1 Å². The number of halogens is 3. The summed E-state index contributed by atoms with van der Waals surface area (Å²) in [5.41, 5.74) is 1.12. The summed E-state index contributed by atoms with van der Waals surface area (Å²) in [6, 6.07) is 4.28. The zero-order chi connectivity index (χ0) is 15.4. The molecule has 0 saturated heterocycles. The van der Waals surface area contributed by atoms with Gasteiger partial charge in [0.25, 0.3) is 0 Å². The molecule has 1 amide bonds. The van der Waals surface area contributed by atoms with Crippen LogP contribution in [0.4, 0.5) is 14.5 Å². The van der Waals surface area contributed by atoms with E-state index >= 15 is 0 Å². The molecule has 0 unspecified atom stereocenters. The van der Waals surface area contributed by atoms with Gasteiger partial charge in [-0.2, -0.15) is 13.9 Å². The van der Waals surface area contributed by atoms with E-state index in [2.05, 4.69) is 15.2 Å². The molecule has 8 heteroatoms. The van der Waals surface area contributed by atoms with Crippen LogP contribution in [-0.4, -0.2) is 22.3 Å². The topological polar surface area (TPSA) is 56.1 Å². The summed E-state index contributed by atoms with van der Waals surface area (Å²) in [4.78, 5) is 11.8. The van der Waals surface area contributed by atoms with E-state index in [4.69, 9.17) is 11.6 Å². The third-order valence-electron chi connectivity index (χ3n) is 2.60. The van der Waals surface area contributed by atoms with Crippen LogP contribution in [0.1, 0.15) is 5.56 Å². The number of nitrogens with zero attached hydrogens (tertiary/aromatic N) is 2. The van der Waals surface area contributed by atoms with Gasteiger partial charge in [0.2, 0.25) is 5.91 Å². The van der Waals surface area contributed by atoms with E-state index in [0.29, 0.717) is 16.3 Å². The molecular formula is C13H12ClF2N3O2. The van der Waals surface area contributed by atoms with E-state index in [1.807, 2.05) is 0 Å². The van der Waals surface area contributed by atoms with Crippen molar-refractivity contribution in [1.29, 1.82) is 0 Å². The standard InChI is InChI=1S/C13H12ClF2N3O2/c1-8-4-10(21-13(15)16)2-3-11(8)18-12(20)7-19-6-9(14)5-17-19/h2-6,13H,7H2,1H3,(H,18,20). The van der Waals surface area contributed by atoms with Crippen LogP contribution in [0.5, 0.6) is 5.75 Å². The van der Waals surface area contributed by atoms with Crippen LogP contribution in [0.3, 0.4) is 0 Å². The molecule has 2 rings (SSSR count). The molecule has 21 heavy (non-hydrogen) atoms. The van der Waals surface area contributed by atoms with Gasteiger partial charge in [-0.25, -0.2) is 0 Å². The van der Waals surface area contributed by atoms with Crippen molar-refractivity contribution in [3.05, 3.63) is 41.2 Å². The largest absolute Gasteiger partial charge is 0.435 e. The number of benzene rings is 1. The van der Waals surface area contributed by atoms with Crippen LogP contribution in [0.25, 0.3) is 0 Å². The molecule has 0 radical (unpaired) electrons. The fourth-order valence-corrected chi connectivity index (χ4v) is 1.87. The van der Waals surface area contributed by atoms with Gasteiger partial charge in [0.15, 0.2) is 0 Å². The van der Waals surface area contributed by atoms with Crippen LogP contribution < -0.4 is 10.1 Å². The second-order valence-corrected chi connectivity index (χ2v) is 4.70. The maximum Gasteiger partial charge on any atom is 0.387 e. The van der Waals surface area contributed by atoms with E-state index in [9.17, 15) is 13.6 Å². The van der Waals surface area contributed by atoms with Crippen molar-refractivity contribution in [3.63, 3.8) is 0 Å². The first kappa shape index (κ1) is 15.2. The highest BCUT2D eigenvalue weighted by molar-refractivity contribution is 6.30. The van der Waals surface area contributed by atoms with Gasteiger partial charge in [0.1, 0.15) is 12.3 Å². The normalized spacial score (nSPS) is 10.7. The smallest absolute Gasteiger partial charge is 0.387 e. The highest BCUT2D eigenvalue weighted by atomic mass is 35.5. The fraction of sp³-hybridized carbons (Fsp3) is 0.231. The number of anilines is 1. The SMILES string of the molecule is Cc1cc(OC(F)F)ccc1NC(=O)Cn1cc(Cl)cn1. The first-order valence-electron chi connectivity index (χ1n) is 5.97. The molecule has 0 spiro atoms. The lowest BCUT2D eigenvalue weighted by atomic mass is 10.2. The number of hydrogen-bond acceptors (Lipinski definition) is 3. The predicted octanol–water partition coefficient (Wildman–Crippen LogP) is 3.09. The van der Waals surface area contributed by atoms with Crippen molar-refractivity contribution in [2.75, 3.05) is 5.32 Å². The number of carbonyl (C=O) groups excluding carboxylic acids is 1. The molecule has 1 heterocycles. The molecule has 1 N–H and O–H groups in total. The Labute approximate surface area is 124 Å². The molecular weight excluding hydrogens is 304 g/mol. The lowest BCUT2D eigenvalue weighted by Gasteiger charge is -2.11. The van der Waals surface area contributed by atoms with Gasteiger partial charge in [0.05, 0.1) is 11.2 Å². The molecule has 0 atom stereocenters. The van der Waals surface area contributed by atoms with Gasteiger partial charge in [0, 0.05) is 11.9 Å². The van der Waals surface area contributed by atoms with Crippen LogP contribution in [0.2, 0.25) is 5.02 Å². The van der Waals surface area contributed by atoms with Gasteiger partial charge < -0.3 is 10.1 Å². The number of amides is 1. The minimum atomic E-state index is -2.88. The zero-order valence-electron chi connectivity index (χ0n) is 11.0. The molecule has 0 fully saturated rings. The first-order valence-corrected chi connectivity index (χ1v) is 6.35. The summed E-state index contributed by atoms with van der Waals surface area (Å²) in [7, 11) is 0. The van der Waals surface area contributed by atoms with Crippen LogP contribution in [-0.2, 0) is 11.3 Å². The Morgan fingerprint density at radius 2 is 2.29 bits per heavy atom. The van der Waals surface area contributed by atoms with Crippen LogP contribution in [0.15, 0.2) is 30.6 Å². The molecule has 5 nitrogen and oxygen atoms in total. The molecule has 1 aromatic heterocycles. The van der Waals surface area contributed by atoms with E-state index in [1.54, 1.807) is 6.92 Å². The van der Waals surface area contributed by atoms with Crippen molar-refractivity contribution >= 4 is 23.2 Å². The van der Waals surface area contributed by atoms with Crippen molar-refractivity contribution in [1.82, 2.24) is 9.78 Å². The monoisotopic (exact) mass is 315 g/mol. The molecule has 112 valence electrons. The molecule has 0 aliphatic carbocycles. The number of nitrogens with one attached hydrogen (secondary N) is 1. The maximum absolute atomic E-state index is 12.1. The Morgan fingerprint density at radius 1 is 1.52 bits per heavy atom. The van der Waals surface area contributed by atoms with E-state index in [0.717, 1.165) is 0 Å². The summed E-state index contributed by atoms with van der Waals surface area (Å²) >= 11 is 5.70. The average molecular weight is 316 g/mol. The Bertz CT molecular complexity index is 646. The molecule has 1 aromatic carbocycles. The van der Waals surface area contributed by atoms with E-state index in [1.165, 1.54) is 35.3 Å². The summed E-state index contributed by atoms with van der Waals surface area (Å²) in [5.74, 6) is -0.264.